The second kappa shape index (κ2) is 6.46. The number of para-hydroxylation sites is 1. The third-order valence-electron chi connectivity index (χ3n) is 3.91. The van der Waals surface area contributed by atoms with Gasteiger partial charge in [-0.15, -0.1) is 0 Å². The van der Waals surface area contributed by atoms with Crippen LogP contribution in [-0.2, 0) is 0 Å². The summed E-state index contributed by atoms with van der Waals surface area (Å²) in [5.74, 6) is 0.867. The van der Waals surface area contributed by atoms with Gasteiger partial charge in [0.2, 0.25) is 0 Å². The molecule has 0 aliphatic rings. The van der Waals surface area contributed by atoms with Gasteiger partial charge in [0.25, 0.3) is 0 Å². The summed E-state index contributed by atoms with van der Waals surface area (Å²) in [5.41, 5.74) is 0. The third-order valence-corrected chi connectivity index (χ3v) is 4.14. The molecule has 0 saturated carbocycles. The fraction of sp³-hybridized carbons (Fsp3) is 0. The number of hydrogen-bond donors (Lipinski definition) is 0. The molecule has 4 rings (SSSR count). The zero-order chi connectivity index (χ0) is 17.2. The Labute approximate surface area is 149 Å². The van der Waals surface area contributed by atoms with Gasteiger partial charge in [-0.1, -0.05) is 60.1 Å². The van der Waals surface area contributed by atoms with Gasteiger partial charge in [-0.3, -0.25) is 0 Å². The van der Waals surface area contributed by atoms with E-state index in [9.17, 15) is 4.79 Å². The van der Waals surface area contributed by atoms with E-state index < -0.39 is 6.16 Å². The lowest BCUT2D eigenvalue weighted by molar-refractivity contribution is 0.153. The van der Waals surface area contributed by atoms with E-state index in [1.165, 1.54) is 0 Å². The topological polar surface area (TPSA) is 35.5 Å². The van der Waals surface area contributed by atoms with Crippen LogP contribution in [0.1, 0.15) is 0 Å². The number of benzene rings is 4. The summed E-state index contributed by atoms with van der Waals surface area (Å²) < 4.78 is 10.8. The zero-order valence-electron chi connectivity index (χ0n) is 13.1. The van der Waals surface area contributed by atoms with Crippen LogP contribution >= 0.6 is 11.6 Å². The lowest BCUT2D eigenvalue weighted by Gasteiger charge is -2.12. The molecular formula is C21H13ClO3. The van der Waals surface area contributed by atoms with Gasteiger partial charge in [-0.05, 0) is 41.1 Å². The number of carbonyl (C=O) groups excluding carboxylic acids is 1. The van der Waals surface area contributed by atoms with Crippen molar-refractivity contribution in [3.05, 3.63) is 83.9 Å². The molecule has 0 amide bonds. The predicted octanol–water partition coefficient (Wildman–Crippen LogP) is 6.22. The third kappa shape index (κ3) is 3.14. The Hall–Kier alpha value is -3.04. The molecular weight excluding hydrogens is 336 g/mol. The van der Waals surface area contributed by atoms with Crippen LogP contribution < -0.4 is 9.47 Å². The molecule has 4 aromatic rings. The number of carbonyl (C=O) groups is 1. The van der Waals surface area contributed by atoms with E-state index in [1.807, 2.05) is 48.5 Å². The smallest absolute Gasteiger partial charge is 0.395 e. The molecule has 0 spiro atoms. The molecule has 4 aromatic carbocycles. The molecule has 3 nitrogen and oxygen atoms in total. The first-order chi connectivity index (χ1) is 12.2. The number of fused-ring (bicyclic) bond motifs is 2. The van der Waals surface area contributed by atoms with E-state index >= 15 is 0 Å². The number of halogens is 1. The fourth-order valence-electron chi connectivity index (χ4n) is 2.79. The SMILES string of the molecule is O=C(Oc1ccccc1)Oc1c2ccccc2cc2ccc(Cl)cc12. The number of ether oxygens (including phenoxy) is 2. The highest BCUT2D eigenvalue weighted by atomic mass is 35.5. The first-order valence-electron chi connectivity index (χ1n) is 7.76. The van der Waals surface area contributed by atoms with Crippen molar-refractivity contribution in [2.45, 2.75) is 0 Å². The zero-order valence-corrected chi connectivity index (χ0v) is 13.9. The molecule has 0 bridgehead atoms. The van der Waals surface area contributed by atoms with Crippen molar-refractivity contribution < 1.29 is 14.3 Å². The van der Waals surface area contributed by atoms with Gasteiger partial charge < -0.3 is 9.47 Å². The monoisotopic (exact) mass is 348 g/mol. The number of hydrogen-bond acceptors (Lipinski definition) is 3. The highest BCUT2D eigenvalue weighted by Gasteiger charge is 2.15. The van der Waals surface area contributed by atoms with Gasteiger partial charge in [0, 0.05) is 15.8 Å². The minimum absolute atomic E-state index is 0.426. The summed E-state index contributed by atoms with van der Waals surface area (Å²) in [6.45, 7) is 0. The molecule has 0 saturated heterocycles. The maximum absolute atomic E-state index is 12.3. The summed E-state index contributed by atoms with van der Waals surface area (Å²) in [7, 11) is 0. The lowest BCUT2D eigenvalue weighted by Crippen LogP contribution is -2.14. The van der Waals surface area contributed by atoms with Crippen molar-refractivity contribution >= 4 is 39.3 Å². The van der Waals surface area contributed by atoms with Gasteiger partial charge in [0.1, 0.15) is 11.5 Å². The Balaban J connectivity index is 1.80. The largest absolute Gasteiger partial charge is 0.519 e. The fourth-order valence-corrected chi connectivity index (χ4v) is 2.96. The molecule has 0 atom stereocenters. The quantitative estimate of drug-likeness (QED) is 0.245. The molecule has 0 unspecified atom stereocenters. The first kappa shape index (κ1) is 15.5. The molecule has 4 heteroatoms. The van der Waals surface area contributed by atoms with Crippen molar-refractivity contribution in [1.29, 1.82) is 0 Å². The molecule has 0 aliphatic heterocycles. The van der Waals surface area contributed by atoms with Gasteiger partial charge in [0.05, 0.1) is 0 Å². The van der Waals surface area contributed by atoms with E-state index in [0.717, 1.165) is 21.5 Å². The van der Waals surface area contributed by atoms with Crippen LogP contribution in [0.2, 0.25) is 5.02 Å². The molecule has 0 aliphatic carbocycles. The minimum Gasteiger partial charge on any atom is -0.395 e. The maximum atomic E-state index is 12.3. The van der Waals surface area contributed by atoms with Crippen molar-refractivity contribution in [3.8, 4) is 11.5 Å². The summed E-state index contributed by atoms with van der Waals surface area (Å²) in [6, 6.07) is 24.1. The van der Waals surface area contributed by atoms with E-state index in [4.69, 9.17) is 21.1 Å². The molecule has 0 N–H and O–H groups in total. The van der Waals surface area contributed by atoms with Crippen LogP contribution in [0.4, 0.5) is 4.79 Å². The first-order valence-corrected chi connectivity index (χ1v) is 8.14. The average Bonchev–Trinajstić information content (AvgIpc) is 2.63. The predicted molar refractivity (Wildman–Crippen MR) is 99.6 cm³/mol. The second-order valence-electron chi connectivity index (χ2n) is 5.56. The van der Waals surface area contributed by atoms with Crippen molar-refractivity contribution in [2.75, 3.05) is 0 Å². The van der Waals surface area contributed by atoms with E-state index in [-0.39, 0.29) is 0 Å². The Morgan fingerprint density at radius 3 is 2.28 bits per heavy atom. The van der Waals surface area contributed by atoms with Gasteiger partial charge >= 0.3 is 6.16 Å². The van der Waals surface area contributed by atoms with Crippen molar-refractivity contribution in [2.24, 2.45) is 0 Å². The Morgan fingerprint density at radius 2 is 1.44 bits per heavy atom. The van der Waals surface area contributed by atoms with Gasteiger partial charge in [-0.25, -0.2) is 4.79 Å². The van der Waals surface area contributed by atoms with Gasteiger partial charge in [0.15, 0.2) is 0 Å². The molecule has 0 fully saturated rings. The van der Waals surface area contributed by atoms with Gasteiger partial charge in [-0.2, -0.15) is 0 Å². The van der Waals surface area contributed by atoms with Crippen LogP contribution in [-0.4, -0.2) is 6.16 Å². The summed E-state index contributed by atoms with van der Waals surface area (Å²) in [5, 5.41) is 4.06. The lowest BCUT2D eigenvalue weighted by atomic mass is 10.0. The van der Waals surface area contributed by atoms with Crippen LogP contribution in [0.3, 0.4) is 0 Å². The molecule has 0 radical (unpaired) electrons. The van der Waals surface area contributed by atoms with Crippen LogP contribution in [0, 0.1) is 0 Å². The van der Waals surface area contributed by atoms with Crippen LogP contribution in [0.25, 0.3) is 21.5 Å². The molecule has 25 heavy (non-hydrogen) atoms. The molecule has 122 valence electrons. The highest BCUT2D eigenvalue weighted by Crippen LogP contribution is 2.36. The summed E-state index contributed by atoms with van der Waals surface area (Å²) >= 11 is 6.14. The van der Waals surface area contributed by atoms with E-state index in [2.05, 4.69) is 0 Å². The standard InChI is InChI=1S/C21H13ClO3/c22-16-11-10-15-12-14-6-4-5-9-18(14)20(19(15)13-16)25-21(23)24-17-7-2-1-3-8-17/h1-13H. The second-order valence-corrected chi connectivity index (χ2v) is 6.00. The number of rotatable bonds is 2. The van der Waals surface area contributed by atoms with Crippen LogP contribution in [0.15, 0.2) is 78.9 Å². The molecule has 0 heterocycles. The van der Waals surface area contributed by atoms with Crippen LogP contribution in [0.5, 0.6) is 11.5 Å². The van der Waals surface area contributed by atoms with Crippen molar-refractivity contribution in [1.82, 2.24) is 0 Å². The van der Waals surface area contributed by atoms with Crippen molar-refractivity contribution in [3.63, 3.8) is 0 Å². The highest BCUT2D eigenvalue weighted by molar-refractivity contribution is 6.31. The van der Waals surface area contributed by atoms with E-state index in [1.54, 1.807) is 30.3 Å². The Bertz CT molecular complexity index is 1070. The Morgan fingerprint density at radius 1 is 0.720 bits per heavy atom. The maximum Gasteiger partial charge on any atom is 0.519 e. The summed E-state index contributed by atoms with van der Waals surface area (Å²) in [6.07, 6.45) is -0.788. The Kier molecular flexibility index (Phi) is 4.00. The molecule has 0 aromatic heterocycles. The minimum atomic E-state index is -0.788. The van der Waals surface area contributed by atoms with E-state index in [0.29, 0.717) is 16.5 Å². The normalized spacial score (nSPS) is 10.8. The average molecular weight is 349 g/mol. The summed E-state index contributed by atoms with van der Waals surface area (Å²) in [4.78, 5) is 12.3.